The minimum Gasteiger partial charge on any atom is -0.260 e. The van der Waals surface area contributed by atoms with E-state index in [4.69, 9.17) is 0 Å². The van der Waals surface area contributed by atoms with Crippen molar-refractivity contribution in [2.75, 3.05) is 6.26 Å². The Bertz CT molecular complexity index is 320. The number of nitrogens with zero attached hydrogens (tertiary/aromatic N) is 2. The van der Waals surface area contributed by atoms with Gasteiger partial charge in [-0.1, -0.05) is 0 Å². The van der Waals surface area contributed by atoms with Crippen LogP contribution < -0.4 is 0 Å². The largest absolute Gasteiger partial charge is 0.436 e. The minimum atomic E-state index is -4.36. The highest BCUT2D eigenvalue weighted by atomic mass is 127. The van der Waals surface area contributed by atoms with Gasteiger partial charge >= 0.3 is 6.18 Å². The van der Waals surface area contributed by atoms with E-state index < -0.39 is 11.9 Å². The highest BCUT2D eigenvalue weighted by Crippen LogP contribution is 2.35. The minimum absolute atomic E-state index is 0.167. The third-order valence-electron chi connectivity index (χ3n) is 1.40. The van der Waals surface area contributed by atoms with Crippen LogP contribution in [0.15, 0.2) is 5.03 Å². The van der Waals surface area contributed by atoms with Gasteiger partial charge in [-0.25, -0.2) is 0 Å². The van der Waals surface area contributed by atoms with Crippen LogP contribution in [0.3, 0.4) is 0 Å². The zero-order valence-electron chi connectivity index (χ0n) is 6.81. The summed E-state index contributed by atoms with van der Waals surface area (Å²) in [5.74, 6) is 0. The Morgan fingerprint density at radius 2 is 2.00 bits per heavy atom. The molecule has 0 amide bonds. The Hall–Kier alpha value is 0.0800. The molecule has 0 atom stereocenters. The Morgan fingerprint density at radius 3 is 2.23 bits per heavy atom. The highest BCUT2D eigenvalue weighted by molar-refractivity contribution is 14.1. The standard InChI is InChI=1S/C6H6F3IN2S/c1-12-5(13-2)3(10)4(11-12)6(7,8)9/h1-2H3. The van der Waals surface area contributed by atoms with Gasteiger partial charge in [0, 0.05) is 7.05 Å². The monoisotopic (exact) mass is 322 g/mol. The van der Waals surface area contributed by atoms with Gasteiger partial charge in [0.2, 0.25) is 0 Å². The lowest BCUT2D eigenvalue weighted by molar-refractivity contribution is -0.142. The van der Waals surface area contributed by atoms with Crippen LogP contribution in [0.2, 0.25) is 0 Å². The number of rotatable bonds is 1. The van der Waals surface area contributed by atoms with Crippen molar-refractivity contribution in [3.63, 3.8) is 0 Å². The molecule has 0 aliphatic carbocycles. The number of thioether (sulfide) groups is 1. The van der Waals surface area contributed by atoms with E-state index in [0.717, 1.165) is 0 Å². The van der Waals surface area contributed by atoms with Crippen molar-refractivity contribution in [1.29, 1.82) is 0 Å². The molecule has 0 bridgehead atoms. The predicted molar refractivity (Wildman–Crippen MR) is 52.7 cm³/mol. The molecule has 74 valence electrons. The average molecular weight is 322 g/mol. The molecule has 0 N–H and O–H groups in total. The van der Waals surface area contributed by atoms with Gasteiger partial charge < -0.3 is 0 Å². The van der Waals surface area contributed by atoms with Crippen LogP contribution in [0.4, 0.5) is 13.2 Å². The van der Waals surface area contributed by atoms with Gasteiger partial charge in [-0.05, 0) is 28.8 Å². The Kier molecular flexibility index (Phi) is 3.16. The SMILES string of the molecule is CSc1c(I)c(C(F)(F)F)nn1C. The first-order chi connectivity index (χ1) is 5.88. The van der Waals surface area contributed by atoms with Gasteiger partial charge in [0.05, 0.1) is 3.57 Å². The lowest BCUT2D eigenvalue weighted by Crippen LogP contribution is -2.08. The fourth-order valence-electron chi connectivity index (χ4n) is 0.886. The summed E-state index contributed by atoms with van der Waals surface area (Å²) in [6.45, 7) is 0. The molecule has 0 unspecified atom stereocenters. The van der Waals surface area contributed by atoms with E-state index in [1.807, 2.05) is 0 Å². The van der Waals surface area contributed by atoms with Gasteiger partial charge in [-0.15, -0.1) is 11.8 Å². The first-order valence-electron chi connectivity index (χ1n) is 3.21. The number of alkyl halides is 3. The van der Waals surface area contributed by atoms with Crippen molar-refractivity contribution in [3.8, 4) is 0 Å². The first-order valence-corrected chi connectivity index (χ1v) is 5.52. The predicted octanol–water partition coefficient (Wildman–Crippen LogP) is 2.77. The summed E-state index contributed by atoms with van der Waals surface area (Å²) in [5.41, 5.74) is -0.806. The number of aryl methyl sites for hydroxylation is 1. The lowest BCUT2D eigenvalue weighted by Gasteiger charge is -2.01. The second kappa shape index (κ2) is 3.68. The van der Waals surface area contributed by atoms with E-state index in [9.17, 15) is 13.2 Å². The molecule has 0 aliphatic heterocycles. The van der Waals surface area contributed by atoms with Gasteiger partial charge in [-0.3, -0.25) is 4.68 Å². The highest BCUT2D eigenvalue weighted by Gasteiger charge is 2.38. The number of hydrogen-bond acceptors (Lipinski definition) is 2. The molecule has 2 nitrogen and oxygen atoms in total. The van der Waals surface area contributed by atoms with Crippen molar-refractivity contribution in [3.05, 3.63) is 9.26 Å². The van der Waals surface area contributed by atoms with E-state index in [0.29, 0.717) is 5.03 Å². The average Bonchev–Trinajstić information content (AvgIpc) is 2.25. The zero-order chi connectivity index (χ0) is 10.2. The maximum absolute atomic E-state index is 12.3. The molecular formula is C6H6F3IN2S. The van der Waals surface area contributed by atoms with Gasteiger partial charge in [-0.2, -0.15) is 18.3 Å². The fourth-order valence-corrected chi connectivity index (χ4v) is 2.89. The van der Waals surface area contributed by atoms with Crippen LogP contribution in [0, 0.1) is 3.57 Å². The van der Waals surface area contributed by atoms with Crippen LogP contribution in [0.5, 0.6) is 0 Å². The van der Waals surface area contributed by atoms with Crippen molar-refractivity contribution in [2.24, 2.45) is 7.05 Å². The van der Waals surface area contributed by atoms with Crippen LogP contribution in [-0.2, 0) is 13.2 Å². The lowest BCUT2D eigenvalue weighted by atomic mass is 10.4. The molecule has 1 aromatic heterocycles. The second-order valence-corrected chi connectivity index (χ2v) is 4.17. The maximum Gasteiger partial charge on any atom is 0.436 e. The molecule has 1 heterocycles. The summed E-state index contributed by atoms with van der Waals surface area (Å²) in [6.07, 6.45) is -2.64. The smallest absolute Gasteiger partial charge is 0.260 e. The number of halogens is 4. The molecule has 0 saturated carbocycles. The Balaban J connectivity index is 3.26. The molecule has 13 heavy (non-hydrogen) atoms. The fraction of sp³-hybridized carbons (Fsp3) is 0.500. The van der Waals surface area contributed by atoms with Crippen LogP contribution in [0.25, 0.3) is 0 Å². The Morgan fingerprint density at radius 1 is 1.46 bits per heavy atom. The van der Waals surface area contributed by atoms with Gasteiger partial charge in [0.25, 0.3) is 0 Å². The van der Waals surface area contributed by atoms with Crippen molar-refractivity contribution in [2.45, 2.75) is 11.2 Å². The van der Waals surface area contributed by atoms with Crippen molar-refractivity contribution >= 4 is 34.4 Å². The molecular weight excluding hydrogens is 316 g/mol. The summed E-state index contributed by atoms with van der Waals surface area (Å²) < 4.78 is 38.3. The third-order valence-corrected chi connectivity index (χ3v) is 3.64. The van der Waals surface area contributed by atoms with E-state index in [-0.39, 0.29) is 3.57 Å². The molecule has 7 heteroatoms. The van der Waals surface area contributed by atoms with E-state index in [2.05, 4.69) is 5.10 Å². The van der Waals surface area contributed by atoms with E-state index in [1.165, 1.54) is 23.5 Å². The number of aromatic nitrogens is 2. The normalized spacial score (nSPS) is 12.2. The van der Waals surface area contributed by atoms with E-state index in [1.54, 1.807) is 28.8 Å². The first kappa shape index (κ1) is 11.2. The van der Waals surface area contributed by atoms with Gasteiger partial charge in [0.1, 0.15) is 5.03 Å². The van der Waals surface area contributed by atoms with Crippen LogP contribution in [-0.4, -0.2) is 16.0 Å². The molecule has 1 rings (SSSR count). The van der Waals surface area contributed by atoms with Crippen LogP contribution >= 0.6 is 34.4 Å². The quantitative estimate of drug-likeness (QED) is 0.584. The summed E-state index contributed by atoms with van der Waals surface area (Å²) >= 11 is 2.91. The summed E-state index contributed by atoms with van der Waals surface area (Å²) in [6, 6.07) is 0. The summed E-state index contributed by atoms with van der Waals surface area (Å²) in [7, 11) is 1.50. The van der Waals surface area contributed by atoms with Gasteiger partial charge in [0.15, 0.2) is 5.69 Å². The van der Waals surface area contributed by atoms with E-state index >= 15 is 0 Å². The third kappa shape index (κ3) is 2.12. The topological polar surface area (TPSA) is 17.8 Å². The number of hydrogen-bond donors (Lipinski definition) is 0. The van der Waals surface area contributed by atoms with Crippen molar-refractivity contribution < 1.29 is 13.2 Å². The molecule has 0 aromatic carbocycles. The van der Waals surface area contributed by atoms with Crippen LogP contribution in [0.1, 0.15) is 5.69 Å². The van der Waals surface area contributed by atoms with Crippen molar-refractivity contribution in [1.82, 2.24) is 9.78 Å². The Labute approximate surface area is 91.0 Å². The molecule has 0 radical (unpaired) electrons. The molecule has 0 aliphatic rings. The molecule has 0 spiro atoms. The molecule has 1 aromatic rings. The zero-order valence-corrected chi connectivity index (χ0v) is 9.79. The summed E-state index contributed by atoms with van der Waals surface area (Å²) in [5, 5.41) is 3.95. The summed E-state index contributed by atoms with van der Waals surface area (Å²) in [4.78, 5) is 0. The molecule has 0 saturated heterocycles. The second-order valence-electron chi connectivity index (χ2n) is 2.29. The molecule has 0 fully saturated rings. The maximum atomic E-state index is 12.3.